The van der Waals surface area contributed by atoms with E-state index in [1.165, 1.54) is 0 Å². The van der Waals surface area contributed by atoms with Crippen molar-refractivity contribution < 1.29 is 5.11 Å². The van der Waals surface area contributed by atoms with E-state index in [9.17, 15) is 0 Å². The van der Waals surface area contributed by atoms with Gasteiger partial charge in [0.15, 0.2) is 0 Å². The summed E-state index contributed by atoms with van der Waals surface area (Å²) < 4.78 is 0. The molecular formula is C10H14ClNOS. The summed E-state index contributed by atoms with van der Waals surface area (Å²) in [6.45, 7) is 0.295. The molecule has 0 aliphatic rings. The van der Waals surface area contributed by atoms with Crippen LogP contribution in [0.3, 0.4) is 0 Å². The summed E-state index contributed by atoms with van der Waals surface area (Å²) >= 11 is 7.44. The molecule has 14 heavy (non-hydrogen) atoms. The molecule has 1 rings (SSSR count). The van der Waals surface area contributed by atoms with Crippen LogP contribution >= 0.6 is 23.4 Å². The van der Waals surface area contributed by atoms with E-state index in [0.717, 1.165) is 30.0 Å². The number of halogens is 1. The predicted molar refractivity (Wildman–Crippen MR) is 60.9 cm³/mol. The minimum Gasteiger partial charge on any atom is -0.396 e. The second-order valence-corrected chi connectivity index (χ2v) is 4.50. The largest absolute Gasteiger partial charge is 0.396 e. The lowest BCUT2D eigenvalue weighted by molar-refractivity contribution is 0.284. The van der Waals surface area contributed by atoms with E-state index in [-0.39, 0.29) is 0 Å². The molecule has 0 amide bonds. The standard InChI is InChI=1S/C10H14ClNOS/c11-9-4-5-10(12-8-9)14-7-3-1-2-6-13/h4-5,8,13H,1-3,6-7H2. The molecule has 1 aromatic heterocycles. The summed E-state index contributed by atoms with van der Waals surface area (Å²) in [5, 5.41) is 10.3. The molecule has 0 unspecified atom stereocenters. The van der Waals surface area contributed by atoms with Gasteiger partial charge in [0, 0.05) is 12.8 Å². The summed E-state index contributed by atoms with van der Waals surface area (Å²) in [5.74, 6) is 1.05. The Morgan fingerprint density at radius 3 is 2.79 bits per heavy atom. The van der Waals surface area contributed by atoms with Crippen molar-refractivity contribution in [3.63, 3.8) is 0 Å². The number of nitrogens with zero attached hydrogens (tertiary/aromatic N) is 1. The summed E-state index contributed by atoms with van der Waals surface area (Å²) in [5.41, 5.74) is 0. The number of unbranched alkanes of at least 4 members (excludes halogenated alkanes) is 2. The zero-order valence-electron chi connectivity index (χ0n) is 7.95. The molecule has 0 aromatic carbocycles. The number of aliphatic hydroxyl groups excluding tert-OH is 1. The highest BCUT2D eigenvalue weighted by Gasteiger charge is 1.95. The Labute approximate surface area is 93.7 Å². The number of aromatic nitrogens is 1. The Balaban J connectivity index is 2.15. The van der Waals surface area contributed by atoms with Gasteiger partial charge in [-0.3, -0.25) is 0 Å². The molecule has 0 saturated carbocycles. The second-order valence-electron chi connectivity index (χ2n) is 2.95. The van der Waals surface area contributed by atoms with E-state index in [4.69, 9.17) is 16.7 Å². The van der Waals surface area contributed by atoms with Gasteiger partial charge in [0.25, 0.3) is 0 Å². The number of hydrogen-bond donors (Lipinski definition) is 1. The minimum atomic E-state index is 0.295. The zero-order chi connectivity index (χ0) is 10.2. The summed E-state index contributed by atoms with van der Waals surface area (Å²) in [6.07, 6.45) is 4.76. The van der Waals surface area contributed by atoms with Crippen molar-refractivity contribution in [3.8, 4) is 0 Å². The Bertz CT molecular complexity index is 253. The Morgan fingerprint density at radius 2 is 2.14 bits per heavy atom. The first-order chi connectivity index (χ1) is 6.83. The van der Waals surface area contributed by atoms with Crippen LogP contribution in [-0.2, 0) is 0 Å². The first-order valence-electron chi connectivity index (χ1n) is 4.68. The van der Waals surface area contributed by atoms with Gasteiger partial charge in [0.2, 0.25) is 0 Å². The van der Waals surface area contributed by atoms with Crippen molar-refractivity contribution >= 4 is 23.4 Å². The van der Waals surface area contributed by atoms with Gasteiger partial charge in [-0.2, -0.15) is 0 Å². The van der Waals surface area contributed by atoms with Crippen molar-refractivity contribution in [2.45, 2.75) is 24.3 Å². The highest BCUT2D eigenvalue weighted by molar-refractivity contribution is 7.99. The van der Waals surface area contributed by atoms with Gasteiger partial charge in [-0.15, -0.1) is 11.8 Å². The van der Waals surface area contributed by atoms with Crippen LogP contribution in [0.25, 0.3) is 0 Å². The van der Waals surface area contributed by atoms with E-state index in [2.05, 4.69) is 4.98 Å². The van der Waals surface area contributed by atoms with Crippen LogP contribution in [0.4, 0.5) is 0 Å². The first kappa shape index (κ1) is 11.8. The molecule has 0 radical (unpaired) electrons. The Hall–Kier alpha value is -0.250. The van der Waals surface area contributed by atoms with E-state index in [1.54, 1.807) is 18.0 Å². The smallest absolute Gasteiger partial charge is 0.0960 e. The molecular weight excluding hydrogens is 218 g/mol. The lowest BCUT2D eigenvalue weighted by atomic mass is 10.3. The lowest BCUT2D eigenvalue weighted by Gasteiger charge is -2.00. The molecule has 0 bridgehead atoms. The maximum atomic E-state index is 8.58. The minimum absolute atomic E-state index is 0.295. The van der Waals surface area contributed by atoms with E-state index >= 15 is 0 Å². The molecule has 0 aliphatic carbocycles. The van der Waals surface area contributed by atoms with Gasteiger partial charge in [-0.1, -0.05) is 18.0 Å². The topological polar surface area (TPSA) is 33.1 Å². The molecule has 0 spiro atoms. The Kier molecular flexibility index (Phi) is 5.99. The highest BCUT2D eigenvalue weighted by atomic mass is 35.5. The fourth-order valence-corrected chi connectivity index (χ4v) is 1.98. The van der Waals surface area contributed by atoms with Crippen LogP contribution in [0.5, 0.6) is 0 Å². The third-order valence-electron chi connectivity index (χ3n) is 1.75. The molecule has 0 fully saturated rings. The van der Waals surface area contributed by atoms with Crippen LogP contribution in [-0.4, -0.2) is 22.5 Å². The van der Waals surface area contributed by atoms with Gasteiger partial charge in [0.1, 0.15) is 0 Å². The first-order valence-corrected chi connectivity index (χ1v) is 6.04. The van der Waals surface area contributed by atoms with Crippen LogP contribution in [0.2, 0.25) is 5.02 Å². The number of thioether (sulfide) groups is 1. The molecule has 78 valence electrons. The molecule has 0 atom stereocenters. The third kappa shape index (κ3) is 4.84. The summed E-state index contributed by atoms with van der Waals surface area (Å²) in [7, 11) is 0. The van der Waals surface area contributed by atoms with Crippen LogP contribution in [0, 0.1) is 0 Å². The quantitative estimate of drug-likeness (QED) is 0.604. The van der Waals surface area contributed by atoms with Crippen molar-refractivity contribution in [1.29, 1.82) is 0 Å². The van der Waals surface area contributed by atoms with E-state index < -0.39 is 0 Å². The molecule has 1 N–H and O–H groups in total. The Morgan fingerprint density at radius 1 is 1.29 bits per heavy atom. The number of rotatable bonds is 6. The summed E-state index contributed by atoms with van der Waals surface area (Å²) in [6, 6.07) is 3.78. The van der Waals surface area contributed by atoms with Crippen molar-refractivity contribution in [2.75, 3.05) is 12.4 Å². The zero-order valence-corrected chi connectivity index (χ0v) is 9.52. The fourth-order valence-electron chi connectivity index (χ4n) is 1.02. The highest BCUT2D eigenvalue weighted by Crippen LogP contribution is 2.18. The van der Waals surface area contributed by atoms with E-state index in [1.807, 2.05) is 12.1 Å². The van der Waals surface area contributed by atoms with Crippen LogP contribution in [0.15, 0.2) is 23.4 Å². The molecule has 1 aromatic rings. The molecule has 2 nitrogen and oxygen atoms in total. The van der Waals surface area contributed by atoms with Crippen molar-refractivity contribution in [2.24, 2.45) is 0 Å². The lowest BCUT2D eigenvalue weighted by Crippen LogP contribution is -1.86. The molecule has 4 heteroatoms. The maximum Gasteiger partial charge on any atom is 0.0960 e. The maximum absolute atomic E-state index is 8.58. The van der Waals surface area contributed by atoms with Crippen molar-refractivity contribution in [1.82, 2.24) is 4.98 Å². The van der Waals surface area contributed by atoms with Crippen molar-refractivity contribution in [3.05, 3.63) is 23.4 Å². The monoisotopic (exact) mass is 231 g/mol. The van der Waals surface area contributed by atoms with Gasteiger partial charge in [0.05, 0.1) is 10.0 Å². The fraction of sp³-hybridized carbons (Fsp3) is 0.500. The predicted octanol–water partition coefficient (Wildman–Crippen LogP) is 2.99. The molecule has 0 aliphatic heterocycles. The third-order valence-corrected chi connectivity index (χ3v) is 3.01. The average Bonchev–Trinajstić information content (AvgIpc) is 2.21. The van der Waals surface area contributed by atoms with Crippen LogP contribution < -0.4 is 0 Å². The van der Waals surface area contributed by atoms with Gasteiger partial charge in [-0.05, 0) is 30.7 Å². The average molecular weight is 232 g/mol. The van der Waals surface area contributed by atoms with Gasteiger partial charge < -0.3 is 5.11 Å². The summed E-state index contributed by atoms with van der Waals surface area (Å²) in [4.78, 5) is 4.18. The SMILES string of the molecule is OCCCCCSc1ccc(Cl)cn1. The van der Waals surface area contributed by atoms with Gasteiger partial charge >= 0.3 is 0 Å². The van der Waals surface area contributed by atoms with E-state index in [0.29, 0.717) is 11.6 Å². The van der Waals surface area contributed by atoms with Crippen LogP contribution in [0.1, 0.15) is 19.3 Å². The second kappa shape index (κ2) is 7.10. The number of pyridine rings is 1. The van der Waals surface area contributed by atoms with Gasteiger partial charge in [-0.25, -0.2) is 4.98 Å². The number of hydrogen-bond acceptors (Lipinski definition) is 3. The molecule has 0 saturated heterocycles. The number of aliphatic hydroxyl groups is 1. The molecule has 1 heterocycles. The normalized spacial score (nSPS) is 10.4.